The Kier molecular flexibility index (Phi) is 2.23. The lowest BCUT2D eigenvalue weighted by molar-refractivity contribution is 1.25. The van der Waals surface area contributed by atoms with Gasteiger partial charge in [-0.25, -0.2) is 0 Å². The van der Waals surface area contributed by atoms with E-state index in [9.17, 15) is 0 Å². The van der Waals surface area contributed by atoms with Crippen molar-refractivity contribution >= 4 is 33.2 Å². The fraction of sp³-hybridized carbons (Fsp3) is 0.0769. The molecule has 0 bridgehead atoms. The molecule has 2 aromatic rings. The van der Waals surface area contributed by atoms with Gasteiger partial charge >= 0.3 is 0 Å². The van der Waals surface area contributed by atoms with E-state index in [2.05, 4.69) is 28.1 Å². The van der Waals surface area contributed by atoms with Crippen LogP contribution in [0.2, 0.25) is 5.02 Å². The predicted octanol–water partition coefficient (Wildman–Crippen LogP) is 4.39. The van der Waals surface area contributed by atoms with Crippen LogP contribution >= 0.6 is 27.5 Å². The Labute approximate surface area is 107 Å². The average molecular weight is 295 g/mol. The third kappa shape index (κ3) is 1.37. The van der Waals surface area contributed by atoms with Crippen LogP contribution in [0.4, 0.5) is 5.69 Å². The van der Waals surface area contributed by atoms with E-state index in [1.165, 1.54) is 22.3 Å². The van der Waals surface area contributed by atoms with Crippen LogP contribution in [-0.4, -0.2) is 0 Å². The number of halogens is 2. The summed E-state index contributed by atoms with van der Waals surface area (Å²) in [7, 11) is 0. The molecule has 0 unspecified atom stereocenters. The van der Waals surface area contributed by atoms with Crippen LogP contribution in [0, 0.1) is 0 Å². The molecule has 0 fully saturated rings. The van der Waals surface area contributed by atoms with Gasteiger partial charge in [-0.3, -0.25) is 0 Å². The molecule has 1 aliphatic rings. The van der Waals surface area contributed by atoms with Gasteiger partial charge in [-0.2, -0.15) is 0 Å². The van der Waals surface area contributed by atoms with E-state index in [-0.39, 0.29) is 4.83 Å². The van der Waals surface area contributed by atoms with E-state index in [0.29, 0.717) is 0 Å². The molecule has 1 atom stereocenters. The average Bonchev–Trinajstić information content (AvgIpc) is 2.53. The molecule has 0 aliphatic heterocycles. The zero-order chi connectivity index (χ0) is 11.3. The minimum absolute atomic E-state index is 0.194. The number of nitrogen functional groups attached to an aromatic ring is 1. The molecule has 3 rings (SSSR count). The number of benzene rings is 2. The molecule has 16 heavy (non-hydrogen) atoms. The number of nitrogens with two attached hydrogens (primary N) is 1. The van der Waals surface area contributed by atoms with Gasteiger partial charge in [0.25, 0.3) is 0 Å². The summed E-state index contributed by atoms with van der Waals surface area (Å²) in [6, 6.07) is 12.0. The Hall–Kier alpha value is -0.990. The number of anilines is 1. The summed E-state index contributed by atoms with van der Waals surface area (Å²) in [5.74, 6) is 0. The highest BCUT2D eigenvalue weighted by Gasteiger charge is 2.26. The number of hydrogen-bond acceptors (Lipinski definition) is 1. The zero-order valence-corrected chi connectivity index (χ0v) is 10.7. The molecule has 80 valence electrons. The lowest BCUT2D eigenvalue weighted by Gasteiger charge is -2.04. The van der Waals surface area contributed by atoms with Crippen molar-refractivity contribution < 1.29 is 0 Å². The van der Waals surface area contributed by atoms with Crippen molar-refractivity contribution in [1.29, 1.82) is 0 Å². The van der Waals surface area contributed by atoms with Crippen LogP contribution in [0.5, 0.6) is 0 Å². The number of hydrogen-bond donors (Lipinski definition) is 1. The molecule has 2 N–H and O–H groups in total. The Morgan fingerprint density at radius 3 is 2.38 bits per heavy atom. The normalized spacial score (nSPS) is 17.0. The first-order valence-electron chi connectivity index (χ1n) is 5.00. The lowest BCUT2D eigenvalue weighted by Crippen LogP contribution is -1.89. The summed E-state index contributed by atoms with van der Waals surface area (Å²) < 4.78 is 0. The molecular formula is C13H9BrClN. The van der Waals surface area contributed by atoms with Crippen molar-refractivity contribution in [2.24, 2.45) is 0 Å². The van der Waals surface area contributed by atoms with Crippen molar-refractivity contribution in [1.82, 2.24) is 0 Å². The van der Waals surface area contributed by atoms with Gasteiger partial charge in [-0.05, 0) is 46.5 Å². The highest BCUT2D eigenvalue weighted by molar-refractivity contribution is 9.09. The molecule has 0 heterocycles. The summed E-state index contributed by atoms with van der Waals surface area (Å²) in [5, 5.41) is 0.768. The second-order valence-corrected chi connectivity index (χ2v) is 5.29. The Bertz CT molecular complexity index is 529. The van der Waals surface area contributed by atoms with Gasteiger partial charge in [0.2, 0.25) is 0 Å². The topological polar surface area (TPSA) is 26.0 Å². The highest BCUT2D eigenvalue weighted by atomic mass is 79.9. The maximum absolute atomic E-state index is 6.02. The third-order valence-electron chi connectivity index (χ3n) is 2.93. The van der Waals surface area contributed by atoms with E-state index >= 15 is 0 Å². The quantitative estimate of drug-likeness (QED) is 0.566. The first kappa shape index (κ1) is 10.2. The van der Waals surface area contributed by atoms with E-state index in [0.717, 1.165) is 10.7 Å². The fourth-order valence-corrected chi connectivity index (χ4v) is 3.13. The van der Waals surface area contributed by atoms with Gasteiger partial charge < -0.3 is 5.73 Å². The summed E-state index contributed by atoms with van der Waals surface area (Å²) in [4.78, 5) is 0.194. The first-order chi connectivity index (χ1) is 7.66. The summed E-state index contributed by atoms with van der Waals surface area (Å²) in [6.45, 7) is 0. The number of rotatable bonds is 0. The lowest BCUT2D eigenvalue weighted by atomic mass is 10.1. The minimum atomic E-state index is 0.194. The van der Waals surface area contributed by atoms with Crippen molar-refractivity contribution in [3.05, 3.63) is 52.5 Å². The van der Waals surface area contributed by atoms with Crippen molar-refractivity contribution in [3.63, 3.8) is 0 Å². The van der Waals surface area contributed by atoms with Crippen LogP contribution < -0.4 is 5.73 Å². The molecule has 0 aromatic heterocycles. The van der Waals surface area contributed by atoms with Gasteiger partial charge in [0.15, 0.2) is 0 Å². The maximum Gasteiger partial charge on any atom is 0.0657 e. The Balaban J connectivity index is 2.30. The first-order valence-corrected chi connectivity index (χ1v) is 6.29. The zero-order valence-electron chi connectivity index (χ0n) is 8.37. The van der Waals surface area contributed by atoms with Gasteiger partial charge in [-0.1, -0.05) is 39.7 Å². The van der Waals surface area contributed by atoms with Gasteiger partial charge in [0.1, 0.15) is 0 Å². The molecule has 0 saturated heterocycles. The van der Waals surface area contributed by atoms with Crippen molar-refractivity contribution in [3.8, 4) is 11.1 Å². The SMILES string of the molecule is Nc1ccc2c(c1)[C@@H](Br)c1cc(Cl)ccc1-2. The number of alkyl halides is 1. The fourth-order valence-electron chi connectivity index (χ4n) is 2.19. The highest BCUT2D eigenvalue weighted by Crippen LogP contribution is 2.49. The molecule has 0 saturated carbocycles. The standard InChI is InChI=1S/C13H9BrClN/c14-13-11-5-7(15)1-3-9(11)10-4-2-8(16)6-12(10)13/h1-6,13H,16H2/t13-/m0/s1. The molecule has 0 amide bonds. The molecule has 1 nitrogen and oxygen atoms in total. The molecule has 0 spiro atoms. The minimum Gasteiger partial charge on any atom is -0.399 e. The molecular weight excluding hydrogens is 286 g/mol. The smallest absolute Gasteiger partial charge is 0.0657 e. The van der Waals surface area contributed by atoms with E-state index in [1.54, 1.807) is 0 Å². The maximum atomic E-state index is 6.02. The van der Waals surface area contributed by atoms with E-state index < -0.39 is 0 Å². The Morgan fingerprint density at radius 1 is 1.00 bits per heavy atom. The predicted molar refractivity (Wildman–Crippen MR) is 72.1 cm³/mol. The van der Waals surface area contributed by atoms with Crippen molar-refractivity contribution in [2.45, 2.75) is 4.83 Å². The monoisotopic (exact) mass is 293 g/mol. The molecule has 2 aromatic carbocycles. The summed E-state index contributed by atoms with van der Waals surface area (Å²) in [5.41, 5.74) is 11.5. The van der Waals surface area contributed by atoms with Crippen LogP contribution in [-0.2, 0) is 0 Å². The third-order valence-corrected chi connectivity index (χ3v) is 4.15. The molecule has 0 radical (unpaired) electrons. The van der Waals surface area contributed by atoms with Gasteiger partial charge in [-0.15, -0.1) is 0 Å². The van der Waals surface area contributed by atoms with Crippen LogP contribution in [0.1, 0.15) is 16.0 Å². The largest absolute Gasteiger partial charge is 0.399 e. The molecule has 1 aliphatic carbocycles. The second kappa shape index (κ2) is 3.51. The van der Waals surface area contributed by atoms with E-state index in [4.69, 9.17) is 17.3 Å². The van der Waals surface area contributed by atoms with E-state index in [1.807, 2.05) is 24.3 Å². The summed E-state index contributed by atoms with van der Waals surface area (Å²) >= 11 is 9.71. The van der Waals surface area contributed by atoms with Crippen LogP contribution in [0.25, 0.3) is 11.1 Å². The van der Waals surface area contributed by atoms with Gasteiger partial charge in [0.05, 0.1) is 4.83 Å². The summed E-state index contributed by atoms with van der Waals surface area (Å²) in [6.07, 6.45) is 0. The Morgan fingerprint density at radius 2 is 1.62 bits per heavy atom. The van der Waals surface area contributed by atoms with Crippen LogP contribution in [0.3, 0.4) is 0 Å². The second-order valence-electron chi connectivity index (χ2n) is 3.94. The number of fused-ring (bicyclic) bond motifs is 3. The van der Waals surface area contributed by atoms with Crippen molar-refractivity contribution in [2.75, 3.05) is 5.73 Å². The molecule has 3 heteroatoms. The van der Waals surface area contributed by atoms with Gasteiger partial charge in [0, 0.05) is 10.7 Å². The van der Waals surface area contributed by atoms with Crippen LogP contribution in [0.15, 0.2) is 36.4 Å².